The van der Waals surface area contributed by atoms with Crippen molar-refractivity contribution in [2.24, 2.45) is 5.92 Å². The largest absolute Gasteiger partial charge is 0.466 e. The zero-order valence-electron chi connectivity index (χ0n) is 18.0. The van der Waals surface area contributed by atoms with Crippen molar-refractivity contribution in [3.63, 3.8) is 0 Å². The number of carbonyl (C=O) groups excluding carboxylic acids is 4. The molecule has 1 saturated heterocycles. The highest BCUT2D eigenvalue weighted by Gasteiger charge is 2.33. The summed E-state index contributed by atoms with van der Waals surface area (Å²) in [6, 6.07) is 4.60. The third-order valence-electron chi connectivity index (χ3n) is 5.43. The summed E-state index contributed by atoms with van der Waals surface area (Å²) >= 11 is 0. The summed E-state index contributed by atoms with van der Waals surface area (Å²) in [5.41, 5.74) is 2.03. The number of nitrogens with one attached hydrogen (secondary N) is 3. The number of rotatable bonds is 9. The van der Waals surface area contributed by atoms with Crippen LogP contribution in [0.3, 0.4) is 0 Å². The van der Waals surface area contributed by atoms with Crippen LogP contribution < -0.4 is 16.0 Å². The molecule has 0 aromatic heterocycles. The lowest BCUT2D eigenvalue weighted by atomic mass is 10.1. The number of esters is 1. The van der Waals surface area contributed by atoms with Gasteiger partial charge in [-0.15, -0.1) is 0 Å². The summed E-state index contributed by atoms with van der Waals surface area (Å²) in [5.74, 6) is -0.944. The van der Waals surface area contributed by atoms with E-state index in [1.165, 1.54) is 0 Å². The molecule has 1 atom stereocenters. The van der Waals surface area contributed by atoms with Crippen LogP contribution in [0.5, 0.6) is 0 Å². The summed E-state index contributed by atoms with van der Waals surface area (Å²) in [6.45, 7) is 4.87. The number of amides is 3. The van der Waals surface area contributed by atoms with E-state index < -0.39 is 12.0 Å². The van der Waals surface area contributed by atoms with E-state index in [1.807, 2.05) is 13.8 Å². The minimum atomic E-state index is -0.742. The number of benzene rings is 1. The Balaban J connectivity index is 1.61. The quantitative estimate of drug-likeness (QED) is 0.510. The maximum atomic E-state index is 12.7. The smallest absolute Gasteiger partial charge is 0.307 e. The van der Waals surface area contributed by atoms with E-state index >= 15 is 0 Å². The molecule has 1 aromatic carbocycles. The number of carbonyl (C=O) groups is 4. The van der Waals surface area contributed by atoms with E-state index in [1.54, 1.807) is 23.1 Å². The number of ether oxygens (including phenoxy) is 1. The van der Waals surface area contributed by atoms with Crippen molar-refractivity contribution in [1.82, 2.24) is 10.2 Å². The van der Waals surface area contributed by atoms with Gasteiger partial charge in [0.2, 0.25) is 17.7 Å². The van der Waals surface area contributed by atoms with Gasteiger partial charge in [0.05, 0.1) is 19.6 Å². The Hall–Kier alpha value is -2.94. The van der Waals surface area contributed by atoms with Gasteiger partial charge in [-0.2, -0.15) is 0 Å². The van der Waals surface area contributed by atoms with E-state index in [9.17, 15) is 19.2 Å². The van der Waals surface area contributed by atoms with Crippen molar-refractivity contribution in [2.75, 3.05) is 36.9 Å². The molecule has 3 N–H and O–H groups in total. The molecule has 31 heavy (non-hydrogen) atoms. The average Bonchev–Trinajstić information content (AvgIpc) is 3.57. The summed E-state index contributed by atoms with van der Waals surface area (Å²) in [5, 5.41) is 8.51. The highest BCUT2D eigenvalue weighted by Crippen LogP contribution is 2.31. The van der Waals surface area contributed by atoms with E-state index in [4.69, 9.17) is 4.74 Å². The first-order valence-electron chi connectivity index (χ1n) is 10.8. The summed E-state index contributed by atoms with van der Waals surface area (Å²) < 4.78 is 5.09. The van der Waals surface area contributed by atoms with E-state index in [-0.39, 0.29) is 36.6 Å². The second-order valence-corrected chi connectivity index (χ2v) is 7.99. The van der Waals surface area contributed by atoms with Gasteiger partial charge in [-0.05, 0) is 43.9 Å². The molecule has 3 amide bonds. The van der Waals surface area contributed by atoms with Crippen molar-refractivity contribution in [3.8, 4) is 0 Å². The standard InChI is InChI=1S/C22H30N4O5/c1-3-11-31-20(28)12-18-22(30)23-9-10-26(18)13-19(27)24-16-5-4-6-17(14(16)2)25-21(29)15-7-8-15/h4-6,15,18H,3,7-13H2,1-2H3,(H,23,30)(H,24,27)(H,25,29). The van der Waals surface area contributed by atoms with Crippen molar-refractivity contribution in [3.05, 3.63) is 23.8 Å². The van der Waals surface area contributed by atoms with Crippen molar-refractivity contribution < 1.29 is 23.9 Å². The van der Waals surface area contributed by atoms with Crippen LogP contribution in [-0.2, 0) is 23.9 Å². The maximum absolute atomic E-state index is 12.7. The fourth-order valence-corrected chi connectivity index (χ4v) is 3.47. The Morgan fingerprint density at radius 1 is 1.19 bits per heavy atom. The molecule has 0 bridgehead atoms. The Morgan fingerprint density at radius 3 is 2.58 bits per heavy atom. The van der Waals surface area contributed by atoms with Crippen LogP contribution in [0.2, 0.25) is 0 Å². The molecule has 9 nitrogen and oxygen atoms in total. The lowest BCUT2D eigenvalue weighted by molar-refractivity contribution is -0.148. The van der Waals surface area contributed by atoms with Gasteiger partial charge in [0.25, 0.3) is 0 Å². The van der Waals surface area contributed by atoms with Gasteiger partial charge >= 0.3 is 5.97 Å². The molecule has 0 spiro atoms. The first-order chi connectivity index (χ1) is 14.9. The summed E-state index contributed by atoms with van der Waals surface area (Å²) in [4.78, 5) is 50.7. The average molecular weight is 431 g/mol. The SMILES string of the molecule is CCCOC(=O)CC1C(=O)NCCN1CC(=O)Nc1cccc(NC(=O)C2CC2)c1C. The molecule has 1 aliphatic heterocycles. The highest BCUT2D eigenvalue weighted by atomic mass is 16.5. The highest BCUT2D eigenvalue weighted by molar-refractivity contribution is 5.98. The molecule has 3 rings (SSSR count). The van der Waals surface area contributed by atoms with Gasteiger partial charge in [0.1, 0.15) is 6.04 Å². The second kappa shape index (κ2) is 10.4. The normalized spacial score (nSPS) is 18.8. The number of hydrogen-bond donors (Lipinski definition) is 3. The molecule has 1 saturated carbocycles. The van der Waals surface area contributed by atoms with Crippen LogP contribution in [0.4, 0.5) is 11.4 Å². The summed E-state index contributed by atoms with van der Waals surface area (Å²) in [7, 11) is 0. The Bertz CT molecular complexity index is 852. The molecule has 1 heterocycles. The number of piperazine rings is 1. The molecule has 1 aliphatic carbocycles. The monoisotopic (exact) mass is 430 g/mol. The molecule has 9 heteroatoms. The Labute approximate surface area is 181 Å². The third kappa shape index (κ3) is 6.27. The van der Waals surface area contributed by atoms with Crippen LogP contribution in [-0.4, -0.2) is 60.9 Å². The van der Waals surface area contributed by atoms with Gasteiger partial charge in [-0.3, -0.25) is 24.1 Å². The van der Waals surface area contributed by atoms with Crippen LogP contribution in [0.15, 0.2) is 18.2 Å². The number of anilines is 2. The van der Waals surface area contributed by atoms with Crippen LogP contribution in [0.1, 0.15) is 38.2 Å². The molecular weight excluding hydrogens is 400 g/mol. The van der Waals surface area contributed by atoms with Crippen LogP contribution in [0.25, 0.3) is 0 Å². The molecule has 0 radical (unpaired) electrons. The van der Waals surface area contributed by atoms with E-state index in [2.05, 4.69) is 16.0 Å². The van der Waals surface area contributed by atoms with E-state index in [0.29, 0.717) is 37.5 Å². The molecule has 168 valence electrons. The lowest BCUT2D eigenvalue weighted by Gasteiger charge is -2.33. The van der Waals surface area contributed by atoms with E-state index in [0.717, 1.165) is 18.4 Å². The van der Waals surface area contributed by atoms with Crippen LogP contribution in [0, 0.1) is 12.8 Å². The topological polar surface area (TPSA) is 117 Å². The van der Waals surface area contributed by atoms with Gasteiger partial charge in [0, 0.05) is 30.4 Å². The Morgan fingerprint density at radius 2 is 1.90 bits per heavy atom. The number of hydrogen-bond acceptors (Lipinski definition) is 6. The zero-order valence-corrected chi connectivity index (χ0v) is 18.0. The lowest BCUT2D eigenvalue weighted by Crippen LogP contribution is -2.57. The molecular formula is C22H30N4O5. The van der Waals surface area contributed by atoms with Gasteiger partial charge in [-0.25, -0.2) is 0 Å². The predicted molar refractivity (Wildman–Crippen MR) is 115 cm³/mol. The molecule has 1 aromatic rings. The van der Waals surface area contributed by atoms with Crippen molar-refractivity contribution in [2.45, 2.75) is 45.6 Å². The fraction of sp³-hybridized carbons (Fsp3) is 0.545. The van der Waals surface area contributed by atoms with Gasteiger partial charge in [-0.1, -0.05) is 13.0 Å². The maximum Gasteiger partial charge on any atom is 0.307 e. The first-order valence-corrected chi connectivity index (χ1v) is 10.8. The van der Waals surface area contributed by atoms with Crippen molar-refractivity contribution >= 4 is 35.1 Å². The second-order valence-electron chi connectivity index (χ2n) is 7.99. The Kier molecular flexibility index (Phi) is 7.62. The zero-order chi connectivity index (χ0) is 22.4. The molecule has 2 fully saturated rings. The van der Waals surface area contributed by atoms with Gasteiger partial charge < -0.3 is 20.7 Å². The summed E-state index contributed by atoms with van der Waals surface area (Å²) in [6.07, 6.45) is 2.44. The first kappa shape index (κ1) is 22.7. The molecule has 2 aliphatic rings. The fourth-order valence-electron chi connectivity index (χ4n) is 3.47. The van der Waals surface area contributed by atoms with Gasteiger partial charge in [0.15, 0.2) is 0 Å². The molecule has 1 unspecified atom stereocenters. The third-order valence-corrected chi connectivity index (χ3v) is 5.43. The van der Waals surface area contributed by atoms with Crippen LogP contribution >= 0.6 is 0 Å². The van der Waals surface area contributed by atoms with Crippen molar-refractivity contribution in [1.29, 1.82) is 0 Å². The minimum Gasteiger partial charge on any atom is -0.466 e. The predicted octanol–water partition coefficient (Wildman–Crippen LogP) is 1.43. The number of nitrogens with zero attached hydrogens (tertiary/aromatic N) is 1. The minimum absolute atomic E-state index is 0.00343.